The summed E-state index contributed by atoms with van der Waals surface area (Å²) in [6.45, 7) is -0.256. The molecule has 1 heterocycles. The Kier molecular flexibility index (Phi) is 8.62. The number of benzene rings is 3. The minimum atomic E-state index is -0.448. The van der Waals surface area contributed by atoms with E-state index in [1.807, 2.05) is 0 Å². The second kappa shape index (κ2) is 12.3. The van der Waals surface area contributed by atoms with Crippen LogP contribution in [0.5, 0.6) is 17.2 Å². The van der Waals surface area contributed by atoms with Crippen LogP contribution in [0.2, 0.25) is 0 Å². The lowest BCUT2D eigenvalue weighted by molar-refractivity contribution is -0.123. The molecule has 4 rings (SSSR count). The molecule has 38 heavy (non-hydrogen) atoms. The summed E-state index contributed by atoms with van der Waals surface area (Å²) in [5.41, 5.74) is 4.12. The molecule has 3 aromatic rings. The Hall–Kier alpha value is -4.35. The fourth-order valence-corrected chi connectivity index (χ4v) is 4.62. The van der Waals surface area contributed by atoms with Gasteiger partial charge >= 0.3 is 0 Å². The van der Waals surface area contributed by atoms with E-state index in [0.717, 1.165) is 16.8 Å². The zero-order valence-corrected chi connectivity index (χ0v) is 22.1. The topological polar surface area (TPSA) is 106 Å². The Balaban J connectivity index is 1.41. The first-order valence-corrected chi connectivity index (χ1v) is 12.5. The van der Waals surface area contributed by atoms with Gasteiger partial charge in [0.15, 0.2) is 22.4 Å². The van der Waals surface area contributed by atoms with E-state index in [2.05, 4.69) is 10.7 Å². The molecule has 0 spiro atoms. The molecule has 0 saturated carbocycles. The van der Waals surface area contributed by atoms with Crippen LogP contribution in [0.25, 0.3) is 6.08 Å². The van der Waals surface area contributed by atoms with Gasteiger partial charge in [-0.1, -0.05) is 48.2 Å². The van der Waals surface area contributed by atoms with Crippen molar-refractivity contribution in [3.05, 3.63) is 88.8 Å². The molecule has 3 aromatic carbocycles. The van der Waals surface area contributed by atoms with Gasteiger partial charge in [-0.15, -0.1) is 0 Å². The summed E-state index contributed by atoms with van der Waals surface area (Å²) in [4.78, 5) is 38.1. The summed E-state index contributed by atoms with van der Waals surface area (Å²) in [5, 5.41) is 3.79. The lowest BCUT2D eigenvalue weighted by atomic mass is 10.2. The molecule has 0 aliphatic carbocycles. The molecule has 0 atom stereocenters. The number of methoxy groups -OCH3 is 2. The van der Waals surface area contributed by atoms with Crippen LogP contribution in [0, 0.1) is 0 Å². The number of thiocarbonyl (C=S) groups is 1. The molecule has 0 radical (unpaired) electrons. The van der Waals surface area contributed by atoms with Gasteiger partial charge in [0.25, 0.3) is 17.7 Å². The number of anilines is 1. The molecule has 0 bridgehead atoms. The molecule has 1 fully saturated rings. The van der Waals surface area contributed by atoms with Crippen molar-refractivity contribution in [3.8, 4) is 17.2 Å². The summed E-state index contributed by atoms with van der Waals surface area (Å²) in [5.74, 6) is -0.00784. The summed E-state index contributed by atoms with van der Waals surface area (Å²) >= 11 is 6.36. The highest BCUT2D eigenvalue weighted by Gasteiger charge is 2.33. The highest BCUT2D eigenvalue weighted by molar-refractivity contribution is 8.26. The zero-order chi connectivity index (χ0) is 27.1. The van der Waals surface area contributed by atoms with Crippen LogP contribution < -0.4 is 25.0 Å². The number of amides is 3. The maximum atomic E-state index is 12.9. The van der Waals surface area contributed by atoms with Crippen LogP contribution in [0.1, 0.15) is 15.9 Å². The van der Waals surface area contributed by atoms with Crippen LogP contribution in [-0.2, 0) is 9.59 Å². The molecular formula is C27H23N3O6S2. The minimum absolute atomic E-state index is 0.207. The second-order valence-electron chi connectivity index (χ2n) is 7.77. The highest BCUT2D eigenvalue weighted by atomic mass is 32.2. The number of thioether (sulfide) groups is 1. The highest BCUT2D eigenvalue weighted by Crippen LogP contribution is 2.34. The molecule has 1 saturated heterocycles. The Morgan fingerprint density at radius 1 is 0.947 bits per heavy atom. The number of para-hydroxylation sites is 2. The lowest BCUT2D eigenvalue weighted by Gasteiger charge is -2.15. The maximum Gasteiger partial charge on any atom is 0.285 e. The fraction of sp³-hybridized carbons (Fsp3) is 0.111. The largest absolute Gasteiger partial charge is 0.495 e. The monoisotopic (exact) mass is 549 g/mol. The Morgan fingerprint density at radius 2 is 1.66 bits per heavy atom. The van der Waals surface area contributed by atoms with E-state index < -0.39 is 11.8 Å². The summed E-state index contributed by atoms with van der Waals surface area (Å²) in [7, 11) is 2.99. The van der Waals surface area contributed by atoms with E-state index in [4.69, 9.17) is 26.4 Å². The van der Waals surface area contributed by atoms with Crippen molar-refractivity contribution >= 4 is 57.8 Å². The third-order valence-corrected chi connectivity index (χ3v) is 6.57. The number of carbonyl (C=O) groups is 3. The molecule has 3 amide bonds. The van der Waals surface area contributed by atoms with Crippen LogP contribution in [-0.4, -0.2) is 47.9 Å². The van der Waals surface area contributed by atoms with Crippen molar-refractivity contribution in [2.75, 3.05) is 26.1 Å². The quantitative estimate of drug-likeness (QED) is 0.301. The van der Waals surface area contributed by atoms with E-state index in [0.29, 0.717) is 39.0 Å². The van der Waals surface area contributed by atoms with E-state index in [9.17, 15) is 14.4 Å². The van der Waals surface area contributed by atoms with Crippen LogP contribution in [0.15, 0.2) is 77.7 Å². The van der Waals surface area contributed by atoms with E-state index in [1.54, 1.807) is 78.9 Å². The van der Waals surface area contributed by atoms with Crippen molar-refractivity contribution in [2.45, 2.75) is 0 Å². The van der Waals surface area contributed by atoms with Crippen LogP contribution in [0.4, 0.5) is 5.69 Å². The normalized spacial score (nSPS) is 13.8. The predicted octanol–water partition coefficient (Wildman–Crippen LogP) is 4.27. The van der Waals surface area contributed by atoms with Crippen molar-refractivity contribution < 1.29 is 28.6 Å². The molecule has 11 heteroatoms. The zero-order valence-electron chi connectivity index (χ0n) is 20.4. The standard InChI is InChI=1S/C27H23N3O6S2/c1-34-20-11-7-6-10-19(20)28-24(31)16-36-21-13-12-17(14-22(21)35-2)15-23-26(33)30(27(37)38-23)29-25(32)18-8-4-3-5-9-18/h3-15H,16H2,1-2H3,(H,28,31)(H,29,32). The molecule has 194 valence electrons. The number of rotatable bonds is 9. The number of hydrazine groups is 1. The fourth-order valence-electron chi connectivity index (χ4n) is 3.44. The van der Waals surface area contributed by atoms with Gasteiger partial charge in [0, 0.05) is 5.56 Å². The van der Waals surface area contributed by atoms with E-state index >= 15 is 0 Å². The van der Waals surface area contributed by atoms with Gasteiger partial charge in [-0.05, 0) is 60.3 Å². The average Bonchev–Trinajstić information content (AvgIpc) is 3.20. The number of nitrogens with zero attached hydrogens (tertiary/aromatic N) is 1. The number of nitrogens with one attached hydrogen (secondary N) is 2. The minimum Gasteiger partial charge on any atom is -0.495 e. The molecule has 9 nitrogen and oxygen atoms in total. The SMILES string of the molecule is COc1ccccc1NC(=O)COc1ccc(C=C2SC(=S)N(NC(=O)c3ccccc3)C2=O)cc1OC. The van der Waals surface area contributed by atoms with E-state index in [1.165, 1.54) is 14.2 Å². The van der Waals surface area contributed by atoms with Gasteiger partial charge in [0.1, 0.15) is 5.75 Å². The molecule has 0 aromatic heterocycles. The number of hydrogen-bond acceptors (Lipinski definition) is 8. The molecule has 1 aliphatic heterocycles. The van der Waals surface area contributed by atoms with Gasteiger partial charge < -0.3 is 19.5 Å². The van der Waals surface area contributed by atoms with Gasteiger partial charge in [0.2, 0.25) is 0 Å². The van der Waals surface area contributed by atoms with Crippen molar-refractivity contribution in [2.24, 2.45) is 0 Å². The Labute approximate surface area is 228 Å². The van der Waals surface area contributed by atoms with Gasteiger partial charge in [-0.2, -0.15) is 5.01 Å². The first-order valence-electron chi connectivity index (χ1n) is 11.3. The van der Waals surface area contributed by atoms with Gasteiger partial charge in [0.05, 0.1) is 24.8 Å². The third-order valence-electron chi connectivity index (χ3n) is 5.27. The lowest BCUT2D eigenvalue weighted by Crippen LogP contribution is -2.44. The van der Waals surface area contributed by atoms with Crippen molar-refractivity contribution in [1.29, 1.82) is 0 Å². The van der Waals surface area contributed by atoms with E-state index in [-0.39, 0.29) is 16.8 Å². The first kappa shape index (κ1) is 26.7. The van der Waals surface area contributed by atoms with Gasteiger partial charge in [-0.25, -0.2) is 0 Å². The molecular weight excluding hydrogens is 526 g/mol. The average molecular weight is 550 g/mol. The Morgan fingerprint density at radius 3 is 2.39 bits per heavy atom. The summed E-state index contributed by atoms with van der Waals surface area (Å²) < 4.78 is 16.5. The van der Waals surface area contributed by atoms with Crippen molar-refractivity contribution in [3.63, 3.8) is 0 Å². The Bertz CT molecular complexity index is 1410. The predicted molar refractivity (Wildman–Crippen MR) is 149 cm³/mol. The van der Waals surface area contributed by atoms with Crippen LogP contribution >= 0.6 is 24.0 Å². The smallest absolute Gasteiger partial charge is 0.285 e. The van der Waals surface area contributed by atoms with Crippen molar-refractivity contribution in [1.82, 2.24) is 10.4 Å². The third kappa shape index (κ3) is 6.31. The first-order chi connectivity index (χ1) is 18.4. The van der Waals surface area contributed by atoms with Gasteiger partial charge in [-0.3, -0.25) is 19.8 Å². The number of carbonyl (C=O) groups excluding carboxylic acids is 3. The number of ether oxygens (including phenoxy) is 3. The van der Waals surface area contributed by atoms with Crippen LogP contribution in [0.3, 0.4) is 0 Å². The molecule has 1 aliphatic rings. The maximum absolute atomic E-state index is 12.9. The summed E-state index contributed by atoms with van der Waals surface area (Å²) in [6, 6.07) is 20.6. The molecule has 2 N–H and O–H groups in total. The summed E-state index contributed by atoms with van der Waals surface area (Å²) in [6.07, 6.45) is 1.63. The number of hydrogen-bond donors (Lipinski definition) is 2. The molecule has 0 unspecified atom stereocenters. The second-order valence-corrected chi connectivity index (χ2v) is 9.45.